The molecule has 0 bridgehead atoms. The van der Waals surface area contributed by atoms with E-state index in [4.69, 9.17) is 9.47 Å². The Bertz CT molecular complexity index is 1300. The highest BCUT2D eigenvalue weighted by molar-refractivity contribution is 8.04. The van der Waals surface area contributed by atoms with E-state index in [0.717, 1.165) is 38.8 Å². The van der Waals surface area contributed by atoms with Crippen molar-refractivity contribution in [3.05, 3.63) is 87.8 Å². The first-order valence-corrected chi connectivity index (χ1v) is 12.1. The molecule has 0 saturated heterocycles. The Kier molecular flexibility index (Phi) is 7.46. The predicted molar refractivity (Wildman–Crippen MR) is 140 cm³/mol. The van der Waals surface area contributed by atoms with Crippen LogP contribution in [0.3, 0.4) is 0 Å². The number of anilines is 1. The second kappa shape index (κ2) is 10.7. The maximum atomic E-state index is 13.0. The van der Waals surface area contributed by atoms with E-state index in [-0.39, 0.29) is 11.8 Å². The molecule has 0 aromatic heterocycles. The van der Waals surface area contributed by atoms with Crippen molar-refractivity contribution in [3.8, 4) is 11.5 Å². The smallest absolute Gasteiger partial charge is 0.264 e. The molecule has 0 aliphatic carbocycles. The number of aryl methyl sites for hydroxylation is 1. The highest BCUT2D eigenvalue weighted by Gasteiger charge is 2.27. The first-order valence-electron chi connectivity index (χ1n) is 11.3. The molecule has 0 saturated carbocycles. The maximum absolute atomic E-state index is 13.0. The van der Waals surface area contributed by atoms with Crippen molar-refractivity contribution in [1.82, 2.24) is 5.32 Å². The molecule has 0 spiro atoms. The molecule has 6 nitrogen and oxygen atoms in total. The Labute approximate surface area is 209 Å². The monoisotopic (exact) mass is 488 g/mol. The van der Waals surface area contributed by atoms with E-state index in [2.05, 4.69) is 5.32 Å². The number of hydrogen-bond acceptors (Lipinski definition) is 5. The van der Waals surface area contributed by atoms with Gasteiger partial charge in [0, 0.05) is 24.1 Å². The molecule has 0 fully saturated rings. The molecule has 0 radical (unpaired) electrons. The van der Waals surface area contributed by atoms with E-state index in [1.54, 1.807) is 38.3 Å². The van der Waals surface area contributed by atoms with Crippen LogP contribution in [0.5, 0.6) is 11.5 Å². The lowest BCUT2D eigenvalue weighted by Gasteiger charge is -2.27. The highest BCUT2D eigenvalue weighted by Crippen LogP contribution is 2.42. The fourth-order valence-corrected chi connectivity index (χ4v) is 5.03. The molecular weight excluding hydrogens is 460 g/mol. The Balaban J connectivity index is 1.46. The molecular formula is C28H28N2O4S. The third-order valence-corrected chi connectivity index (χ3v) is 6.90. The summed E-state index contributed by atoms with van der Waals surface area (Å²) in [6.45, 7) is 2.46. The van der Waals surface area contributed by atoms with Crippen molar-refractivity contribution in [2.45, 2.75) is 18.2 Å². The molecule has 35 heavy (non-hydrogen) atoms. The number of ether oxygens (including phenoxy) is 2. The minimum atomic E-state index is -0.193. The van der Waals surface area contributed by atoms with E-state index in [0.29, 0.717) is 23.4 Å². The summed E-state index contributed by atoms with van der Waals surface area (Å²) >= 11 is 1.43. The molecule has 1 aliphatic rings. The van der Waals surface area contributed by atoms with Gasteiger partial charge in [0.15, 0.2) is 0 Å². The minimum absolute atomic E-state index is 0.0910. The molecule has 1 aliphatic heterocycles. The van der Waals surface area contributed by atoms with E-state index < -0.39 is 0 Å². The van der Waals surface area contributed by atoms with Gasteiger partial charge < -0.3 is 19.7 Å². The summed E-state index contributed by atoms with van der Waals surface area (Å²) in [5, 5.41) is 2.96. The number of hydrogen-bond donors (Lipinski definition) is 1. The number of amides is 2. The van der Waals surface area contributed by atoms with Gasteiger partial charge in [-0.3, -0.25) is 9.59 Å². The number of methoxy groups -OCH3 is 2. The number of carbonyl (C=O) groups is 2. The molecule has 1 N–H and O–H groups in total. The summed E-state index contributed by atoms with van der Waals surface area (Å²) in [6, 6.07) is 19.1. The molecule has 7 heteroatoms. The van der Waals surface area contributed by atoms with Crippen molar-refractivity contribution in [3.63, 3.8) is 0 Å². The summed E-state index contributed by atoms with van der Waals surface area (Å²) in [6.07, 6.45) is 2.51. The van der Waals surface area contributed by atoms with E-state index in [9.17, 15) is 9.59 Å². The summed E-state index contributed by atoms with van der Waals surface area (Å²) in [5.41, 5.74) is 4.31. The van der Waals surface area contributed by atoms with Crippen LogP contribution in [-0.4, -0.2) is 39.6 Å². The van der Waals surface area contributed by atoms with Crippen LogP contribution < -0.4 is 19.7 Å². The van der Waals surface area contributed by atoms with Gasteiger partial charge in [-0.05, 0) is 66.9 Å². The Morgan fingerprint density at radius 3 is 2.63 bits per heavy atom. The van der Waals surface area contributed by atoms with Crippen LogP contribution in [0, 0.1) is 6.92 Å². The number of fused-ring (bicyclic) bond motifs is 1. The quantitative estimate of drug-likeness (QED) is 0.469. The van der Waals surface area contributed by atoms with Crippen molar-refractivity contribution in [2.24, 2.45) is 0 Å². The van der Waals surface area contributed by atoms with Gasteiger partial charge in [-0.15, -0.1) is 0 Å². The van der Waals surface area contributed by atoms with Crippen LogP contribution in [0.1, 0.15) is 27.0 Å². The zero-order valence-corrected chi connectivity index (χ0v) is 21.1. The molecule has 3 aromatic rings. The number of thioether (sulfide) groups is 1. The third kappa shape index (κ3) is 5.52. The van der Waals surface area contributed by atoms with Gasteiger partial charge in [0.1, 0.15) is 11.5 Å². The second-order valence-corrected chi connectivity index (χ2v) is 9.34. The maximum Gasteiger partial charge on any atom is 0.264 e. The third-order valence-electron chi connectivity index (χ3n) is 5.83. The van der Waals surface area contributed by atoms with E-state index in [1.807, 2.05) is 61.5 Å². The zero-order chi connectivity index (χ0) is 24.9. The second-order valence-electron chi connectivity index (χ2n) is 8.26. The number of rotatable bonds is 7. The largest absolute Gasteiger partial charge is 0.497 e. The fraction of sp³-hybridized carbons (Fsp3) is 0.214. The number of nitrogens with one attached hydrogen (secondary N) is 1. The van der Waals surface area contributed by atoms with Crippen LogP contribution in [-0.2, 0) is 11.2 Å². The Morgan fingerprint density at radius 2 is 1.89 bits per heavy atom. The minimum Gasteiger partial charge on any atom is -0.497 e. The topological polar surface area (TPSA) is 67.9 Å². The van der Waals surface area contributed by atoms with Gasteiger partial charge in [-0.2, -0.15) is 0 Å². The molecule has 4 rings (SSSR count). The average Bonchev–Trinajstić information content (AvgIpc) is 2.86. The van der Waals surface area contributed by atoms with Crippen molar-refractivity contribution < 1.29 is 19.1 Å². The summed E-state index contributed by atoms with van der Waals surface area (Å²) in [5.74, 6) is 1.21. The van der Waals surface area contributed by atoms with Crippen molar-refractivity contribution in [2.75, 3.05) is 32.7 Å². The number of carbonyl (C=O) groups excluding carboxylic acids is 2. The van der Waals surface area contributed by atoms with Crippen LogP contribution >= 0.6 is 11.8 Å². The molecule has 0 unspecified atom stereocenters. The number of benzene rings is 3. The predicted octanol–water partition coefficient (Wildman–Crippen LogP) is 5.09. The van der Waals surface area contributed by atoms with E-state index >= 15 is 0 Å². The van der Waals surface area contributed by atoms with Crippen molar-refractivity contribution in [1.29, 1.82) is 0 Å². The van der Waals surface area contributed by atoms with Crippen molar-refractivity contribution >= 4 is 35.3 Å². The lowest BCUT2D eigenvalue weighted by atomic mass is 10.1. The number of likely N-dealkylation sites (N-methyl/N-ethyl adjacent to an activating group) is 1. The summed E-state index contributed by atoms with van der Waals surface area (Å²) < 4.78 is 10.7. The Morgan fingerprint density at radius 1 is 1.06 bits per heavy atom. The standard InChI is InChI=1S/C28H28N2O4S/c1-18-6-5-7-19(14-18)15-26-28(32)30(2)23-17-21(8-11-25(23)35-26)27(31)29-13-12-20-16-22(33-3)9-10-24(20)34-4/h5-11,14-17H,12-13H2,1-4H3,(H,29,31)/b26-15+. The van der Waals surface area contributed by atoms with Crippen LogP contribution in [0.25, 0.3) is 6.08 Å². The van der Waals surface area contributed by atoms with Crippen LogP contribution in [0.2, 0.25) is 0 Å². The van der Waals surface area contributed by atoms with E-state index in [1.165, 1.54) is 11.8 Å². The SMILES string of the molecule is COc1ccc(OC)c(CCNC(=O)c2ccc3c(c2)N(C)C(=O)/C(=C\c2cccc(C)c2)S3)c1. The summed E-state index contributed by atoms with van der Waals surface area (Å²) in [7, 11) is 4.97. The normalized spacial score (nSPS) is 14.0. The summed E-state index contributed by atoms with van der Waals surface area (Å²) in [4.78, 5) is 29.0. The van der Waals surface area contributed by atoms with Gasteiger partial charge in [0.25, 0.3) is 11.8 Å². The highest BCUT2D eigenvalue weighted by atomic mass is 32.2. The molecule has 3 aromatic carbocycles. The average molecular weight is 489 g/mol. The van der Waals surface area contributed by atoms with Gasteiger partial charge in [-0.1, -0.05) is 41.6 Å². The first kappa shape index (κ1) is 24.4. The lowest BCUT2D eigenvalue weighted by Crippen LogP contribution is -2.31. The molecule has 1 heterocycles. The molecule has 180 valence electrons. The lowest BCUT2D eigenvalue weighted by molar-refractivity contribution is -0.114. The van der Waals surface area contributed by atoms with Gasteiger partial charge in [-0.25, -0.2) is 0 Å². The molecule has 2 amide bonds. The van der Waals surface area contributed by atoms with Gasteiger partial charge in [0.05, 0.1) is 24.8 Å². The number of nitrogens with zero attached hydrogens (tertiary/aromatic N) is 1. The van der Waals surface area contributed by atoms with Crippen LogP contribution in [0.15, 0.2) is 70.5 Å². The molecule has 0 atom stereocenters. The van der Waals surface area contributed by atoms with Crippen LogP contribution in [0.4, 0.5) is 5.69 Å². The first-order chi connectivity index (χ1) is 16.9. The fourth-order valence-electron chi connectivity index (χ4n) is 3.94. The Hall–Kier alpha value is -3.71. The van der Waals surface area contributed by atoms with Gasteiger partial charge >= 0.3 is 0 Å². The zero-order valence-electron chi connectivity index (χ0n) is 20.3. The van der Waals surface area contributed by atoms with Gasteiger partial charge in [0.2, 0.25) is 0 Å².